The molecule has 2 atom stereocenters. The lowest BCUT2D eigenvalue weighted by atomic mass is 10.0. The summed E-state index contributed by atoms with van der Waals surface area (Å²) in [4.78, 5) is 11.9. The van der Waals surface area contributed by atoms with Gasteiger partial charge in [0, 0.05) is 11.6 Å². The van der Waals surface area contributed by atoms with E-state index in [1.807, 2.05) is 0 Å². The van der Waals surface area contributed by atoms with Gasteiger partial charge in [-0.1, -0.05) is 12.1 Å². The van der Waals surface area contributed by atoms with Crippen LogP contribution in [0.4, 0.5) is 13.2 Å². The van der Waals surface area contributed by atoms with Crippen LogP contribution < -0.4 is 5.32 Å². The number of nitrogens with one attached hydrogen (secondary N) is 1. The first-order chi connectivity index (χ1) is 10.4. The van der Waals surface area contributed by atoms with Crippen LogP contribution in [-0.4, -0.2) is 17.1 Å². The number of benzene rings is 2. The Kier molecular flexibility index (Phi) is 4.82. The maximum Gasteiger partial charge on any atom is 0.251 e. The van der Waals surface area contributed by atoms with E-state index in [-0.39, 0.29) is 5.56 Å². The number of hydrogen-bond donors (Lipinski definition) is 2. The minimum Gasteiger partial charge on any atom is -0.386 e. The fraction of sp³-hybridized carbons (Fsp3) is 0.188. The van der Waals surface area contributed by atoms with Crippen LogP contribution in [-0.2, 0) is 0 Å². The molecular formula is C16H14F3NO2. The highest BCUT2D eigenvalue weighted by atomic mass is 19.1. The molecule has 0 aliphatic carbocycles. The van der Waals surface area contributed by atoms with Gasteiger partial charge in [0.25, 0.3) is 5.91 Å². The molecule has 0 bridgehead atoms. The zero-order valence-corrected chi connectivity index (χ0v) is 11.7. The van der Waals surface area contributed by atoms with Gasteiger partial charge in [0.1, 0.15) is 17.5 Å². The van der Waals surface area contributed by atoms with Crippen LogP contribution in [0.5, 0.6) is 0 Å². The minimum atomic E-state index is -1.08. The first-order valence-corrected chi connectivity index (χ1v) is 6.57. The Morgan fingerprint density at radius 2 is 1.55 bits per heavy atom. The molecule has 0 heterocycles. The topological polar surface area (TPSA) is 49.3 Å². The van der Waals surface area contributed by atoms with Gasteiger partial charge in [-0.25, -0.2) is 13.2 Å². The Balaban J connectivity index is 2.08. The third kappa shape index (κ3) is 3.85. The van der Waals surface area contributed by atoms with E-state index < -0.39 is 35.5 Å². The Bertz CT molecular complexity index is 653. The lowest BCUT2D eigenvalue weighted by Gasteiger charge is -2.20. The standard InChI is InChI=1S/C16H14F3NO2/c1-9(15(21)10-2-4-12(17)5-3-10)20-16(22)11-6-13(18)8-14(19)7-11/h2-9,15,21H,1H3,(H,20,22). The first kappa shape index (κ1) is 16.0. The summed E-state index contributed by atoms with van der Waals surface area (Å²) in [5.74, 6) is -2.89. The van der Waals surface area contributed by atoms with Gasteiger partial charge in [-0.3, -0.25) is 4.79 Å². The average molecular weight is 309 g/mol. The molecule has 0 aromatic heterocycles. The van der Waals surface area contributed by atoms with Gasteiger partial charge >= 0.3 is 0 Å². The van der Waals surface area contributed by atoms with Crippen LogP contribution in [0.2, 0.25) is 0 Å². The minimum absolute atomic E-state index is 0.185. The number of aliphatic hydroxyl groups excluding tert-OH is 1. The molecule has 116 valence electrons. The lowest BCUT2D eigenvalue weighted by molar-refractivity contribution is 0.0851. The van der Waals surface area contributed by atoms with Crippen LogP contribution in [0.1, 0.15) is 28.9 Å². The van der Waals surface area contributed by atoms with Crippen LogP contribution >= 0.6 is 0 Å². The number of halogens is 3. The van der Waals surface area contributed by atoms with Crippen LogP contribution in [0.15, 0.2) is 42.5 Å². The van der Waals surface area contributed by atoms with E-state index in [1.54, 1.807) is 0 Å². The highest BCUT2D eigenvalue weighted by Gasteiger charge is 2.19. The molecule has 0 saturated carbocycles. The largest absolute Gasteiger partial charge is 0.386 e. The fourth-order valence-corrected chi connectivity index (χ4v) is 2.00. The van der Waals surface area contributed by atoms with E-state index in [1.165, 1.54) is 31.2 Å². The zero-order chi connectivity index (χ0) is 16.3. The molecule has 22 heavy (non-hydrogen) atoms. The number of carbonyl (C=O) groups excluding carboxylic acids is 1. The predicted molar refractivity (Wildman–Crippen MR) is 74.6 cm³/mol. The highest BCUT2D eigenvalue weighted by Crippen LogP contribution is 2.18. The van der Waals surface area contributed by atoms with E-state index >= 15 is 0 Å². The van der Waals surface area contributed by atoms with Gasteiger partial charge < -0.3 is 10.4 Å². The van der Waals surface area contributed by atoms with Crippen molar-refractivity contribution in [3.05, 3.63) is 71.0 Å². The maximum absolute atomic E-state index is 13.1. The maximum atomic E-state index is 13.1. The molecule has 2 rings (SSSR count). The Morgan fingerprint density at radius 1 is 1.00 bits per heavy atom. The smallest absolute Gasteiger partial charge is 0.251 e. The summed E-state index contributed by atoms with van der Waals surface area (Å²) in [7, 11) is 0. The van der Waals surface area contributed by atoms with Gasteiger partial charge in [0.15, 0.2) is 0 Å². The normalized spacial score (nSPS) is 13.5. The first-order valence-electron chi connectivity index (χ1n) is 6.57. The van der Waals surface area contributed by atoms with Gasteiger partial charge in [0.05, 0.1) is 12.1 Å². The molecule has 2 aromatic carbocycles. The van der Waals surface area contributed by atoms with Crippen molar-refractivity contribution in [3.63, 3.8) is 0 Å². The molecule has 0 aliphatic heterocycles. The second-order valence-electron chi connectivity index (χ2n) is 4.92. The van der Waals surface area contributed by atoms with Crippen molar-refractivity contribution in [1.29, 1.82) is 0 Å². The molecule has 1 amide bonds. The van der Waals surface area contributed by atoms with Crippen molar-refractivity contribution in [2.45, 2.75) is 19.1 Å². The summed E-state index contributed by atoms with van der Waals surface area (Å²) in [6, 6.07) is 6.89. The molecule has 0 spiro atoms. The summed E-state index contributed by atoms with van der Waals surface area (Å²) < 4.78 is 39.0. The van der Waals surface area contributed by atoms with Crippen molar-refractivity contribution in [2.24, 2.45) is 0 Å². The van der Waals surface area contributed by atoms with E-state index in [0.29, 0.717) is 11.6 Å². The van der Waals surface area contributed by atoms with Crippen molar-refractivity contribution in [2.75, 3.05) is 0 Å². The third-order valence-electron chi connectivity index (χ3n) is 3.17. The predicted octanol–water partition coefficient (Wildman–Crippen LogP) is 2.96. The molecule has 2 unspecified atom stereocenters. The van der Waals surface area contributed by atoms with Crippen LogP contribution in [0.3, 0.4) is 0 Å². The molecule has 6 heteroatoms. The summed E-state index contributed by atoms with van der Waals surface area (Å²) in [5, 5.41) is 12.5. The second kappa shape index (κ2) is 6.62. The number of aliphatic hydroxyl groups is 1. The number of rotatable bonds is 4. The summed E-state index contributed by atoms with van der Waals surface area (Å²) in [5.41, 5.74) is 0.232. The SMILES string of the molecule is CC(NC(=O)c1cc(F)cc(F)c1)C(O)c1ccc(F)cc1. The molecule has 0 aliphatic rings. The number of amides is 1. The van der Waals surface area contributed by atoms with E-state index in [0.717, 1.165) is 12.1 Å². The van der Waals surface area contributed by atoms with E-state index in [9.17, 15) is 23.1 Å². The number of hydrogen-bond acceptors (Lipinski definition) is 2. The van der Waals surface area contributed by atoms with Crippen molar-refractivity contribution in [3.8, 4) is 0 Å². The monoisotopic (exact) mass is 309 g/mol. The molecule has 3 nitrogen and oxygen atoms in total. The molecule has 2 aromatic rings. The fourth-order valence-electron chi connectivity index (χ4n) is 2.00. The zero-order valence-electron chi connectivity index (χ0n) is 11.7. The molecule has 0 radical (unpaired) electrons. The van der Waals surface area contributed by atoms with Crippen LogP contribution in [0.25, 0.3) is 0 Å². The van der Waals surface area contributed by atoms with Crippen molar-refractivity contribution >= 4 is 5.91 Å². The highest BCUT2D eigenvalue weighted by molar-refractivity contribution is 5.94. The second-order valence-corrected chi connectivity index (χ2v) is 4.92. The summed E-state index contributed by atoms with van der Waals surface area (Å²) in [6.45, 7) is 1.53. The molecule has 0 saturated heterocycles. The Morgan fingerprint density at radius 3 is 2.09 bits per heavy atom. The van der Waals surface area contributed by atoms with E-state index in [4.69, 9.17) is 0 Å². The summed E-state index contributed by atoms with van der Waals surface area (Å²) >= 11 is 0. The van der Waals surface area contributed by atoms with E-state index in [2.05, 4.69) is 5.32 Å². The average Bonchev–Trinajstić information content (AvgIpc) is 2.46. The van der Waals surface area contributed by atoms with Crippen LogP contribution in [0, 0.1) is 17.5 Å². The Labute approximate surface area is 125 Å². The van der Waals surface area contributed by atoms with Gasteiger partial charge in [-0.05, 0) is 36.8 Å². The van der Waals surface area contributed by atoms with Gasteiger partial charge in [-0.15, -0.1) is 0 Å². The number of carbonyl (C=O) groups is 1. The Hall–Kier alpha value is -2.34. The third-order valence-corrected chi connectivity index (χ3v) is 3.17. The van der Waals surface area contributed by atoms with Crippen molar-refractivity contribution in [1.82, 2.24) is 5.32 Å². The molecule has 2 N–H and O–H groups in total. The van der Waals surface area contributed by atoms with Gasteiger partial charge in [0.2, 0.25) is 0 Å². The molecular weight excluding hydrogens is 295 g/mol. The van der Waals surface area contributed by atoms with Crippen molar-refractivity contribution < 1.29 is 23.1 Å². The molecule has 0 fully saturated rings. The quantitative estimate of drug-likeness (QED) is 0.912. The summed E-state index contributed by atoms with van der Waals surface area (Å²) in [6.07, 6.45) is -1.08. The lowest BCUT2D eigenvalue weighted by Crippen LogP contribution is -2.37. The van der Waals surface area contributed by atoms with Gasteiger partial charge in [-0.2, -0.15) is 0 Å².